The first-order valence-corrected chi connectivity index (χ1v) is 13.1. The number of likely N-dealkylation sites (N-methyl/N-ethyl adjacent to an activating group) is 1. The number of anilines is 1. The number of carbonyl (C=O) groups excluding carboxylic acids is 2. The number of amides is 2. The quantitative estimate of drug-likeness (QED) is 0.398. The topological polar surface area (TPSA) is 91.2 Å². The second-order valence-corrected chi connectivity index (χ2v) is 10.3. The van der Waals surface area contributed by atoms with Crippen LogP contribution in [-0.2, 0) is 9.59 Å². The number of nitrogens with one attached hydrogen (secondary N) is 1. The number of aliphatic hydroxyl groups is 1. The Morgan fingerprint density at radius 1 is 1.13 bits per heavy atom. The molecule has 0 saturated heterocycles. The lowest BCUT2D eigenvalue weighted by Gasteiger charge is -2.26. The van der Waals surface area contributed by atoms with Crippen LogP contribution >= 0.6 is 11.6 Å². The Morgan fingerprint density at radius 3 is 2.49 bits per heavy atom. The number of hydrogen-bond donors (Lipinski definition) is 2. The molecule has 0 radical (unpaired) electrons. The van der Waals surface area contributed by atoms with Crippen LogP contribution in [0.3, 0.4) is 0 Å². The molecule has 3 atom stereocenters. The summed E-state index contributed by atoms with van der Waals surface area (Å²) in [6.45, 7) is 3.79. The molecule has 3 aromatic carbocycles. The maximum absolute atomic E-state index is 13.7. The number of para-hydroxylation sites is 1. The van der Waals surface area contributed by atoms with Gasteiger partial charge in [0.15, 0.2) is 0 Å². The van der Waals surface area contributed by atoms with Gasteiger partial charge in [0.1, 0.15) is 18.2 Å². The standard InChI is InChI=1S/C30H31ClFN3O4/c1-18(2)15-24(26(36)17-39-22-7-5-4-6-8-22)29(37)34-28-30(38)35(3)25-14-11-20(31)16-23(25)27(33-28)19-9-12-21(32)13-10-19/h4-14,16,18,24,26,28,36H,15,17H2,1-3H3,(H,34,37). The summed E-state index contributed by atoms with van der Waals surface area (Å²) in [7, 11) is 1.59. The molecule has 3 unspecified atom stereocenters. The second-order valence-electron chi connectivity index (χ2n) is 9.88. The van der Waals surface area contributed by atoms with E-state index >= 15 is 0 Å². The number of nitrogens with zero attached hydrogens (tertiary/aromatic N) is 2. The zero-order valence-electron chi connectivity index (χ0n) is 22.0. The Kier molecular flexibility index (Phi) is 8.99. The summed E-state index contributed by atoms with van der Waals surface area (Å²) in [5.41, 5.74) is 2.04. The summed E-state index contributed by atoms with van der Waals surface area (Å²) in [6.07, 6.45) is -2.04. The number of rotatable bonds is 9. The lowest BCUT2D eigenvalue weighted by atomic mass is 9.91. The van der Waals surface area contributed by atoms with Gasteiger partial charge in [-0.15, -0.1) is 0 Å². The van der Waals surface area contributed by atoms with Crippen molar-refractivity contribution >= 4 is 34.8 Å². The van der Waals surface area contributed by atoms with Crippen molar-refractivity contribution in [1.82, 2.24) is 5.32 Å². The third-order valence-corrected chi connectivity index (χ3v) is 6.72. The minimum atomic E-state index is -1.29. The second kappa shape index (κ2) is 12.4. The van der Waals surface area contributed by atoms with E-state index < -0.39 is 35.8 Å². The van der Waals surface area contributed by atoms with Crippen molar-refractivity contribution in [2.75, 3.05) is 18.6 Å². The fourth-order valence-corrected chi connectivity index (χ4v) is 4.65. The summed E-state index contributed by atoms with van der Waals surface area (Å²) in [5, 5.41) is 14.1. The zero-order valence-corrected chi connectivity index (χ0v) is 22.7. The number of ether oxygens (including phenoxy) is 1. The van der Waals surface area contributed by atoms with Crippen LogP contribution in [0.2, 0.25) is 5.02 Å². The van der Waals surface area contributed by atoms with E-state index in [2.05, 4.69) is 10.3 Å². The molecule has 204 valence electrons. The maximum atomic E-state index is 13.7. The lowest BCUT2D eigenvalue weighted by molar-refractivity contribution is -0.133. The van der Waals surface area contributed by atoms with Crippen LogP contribution in [0.15, 0.2) is 77.8 Å². The first kappa shape index (κ1) is 28.3. The molecule has 0 bridgehead atoms. The van der Waals surface area contributed by atoms with Crippen LogP contribution in [-0.4, -0.2) is 48.6 Å². The Hall–Kier alpha value is -3.75. The summed E-state index contributed by atoms with van der Waals surface area (Å²) in [5.74, 6) is -1.60. The van der Waals surface area contributed by atoms with E-state index in [-0.39, 0.29) is 12.5 Å². The van der Waals surface area contributed by atoms with E-state index in [1.54, 1.807) is 49.5 Å². The predicted molar refractivity (Wildman–Crippen MR) is 150 cm³/mol. The van der Waals surface area contributed by atoms with Gasteiger partial charge < -0.3 is 20.1 Å². The number of hydrogen-bond acceptors (Lipinski definition) is 5. The van der Waals surface area contributed by atoms with Gasteiger partial charge in [0.25, 0.3) is 5.91 Å². The van der Waals surface area contributed by atoms with Gasteiger partial charge in [-0.2, -0.15) is 0 Å². The van der Waals surface area contributed by atoms with Crippen molar-refractivity contribution in [1.29, 1.82) is 0 Å². The molecule has 4 rings (SSSR count). The van der Waals surface area contributed by atoms with Crippen LogP contribution in [0.4, 0.5) is 10.1 Å². The Balaban J connectivity index is 1.65. The van der Waals surface area contributed by atoms with Gasteiger partial charge >= 0.3 is 0 Å². The van der Waals surface area contributed by atoms with Crippen LogP contribution in [0.1, 0.15) is 31.4 Å². The van der Waals surface area contributed by atoms with E-state index in [1.807, 2.05) is 32.0 Å². The number of benzodiazepines with no additional fused rings is 1. The number of aliphatic hydroxyl groups excluding tert-OH is 1. The van der Waals surface area contributed by atoms with Crippen LogP contribution in [0, 0.1) is 17.7 Å². The van der Waals surface area contributed by atoms with Gasteiger partial charge in [-0.25, -0.2) is 9.38 Å². The summed E-state index contributed by atoms with van der Waals surface area (Å²) in [6, 6.07) is 19.8. The van der Waals surface area contributed by atoms with E-state index in [4.69, 9.17) is 16.3 Å². The van der Waals surface area contributed by atoms with E-state index in [1.165, 1.54) is 17.0 Å². The third-order valence-electron chi connectivity index (χ3n) is 6.48. The minimum Gasteiger partial charge on any atom is -0.491 e. The normalized spacial score (nSPS) is 16.7. The summed E-state index contributed by atoms with van der Waals surface area (Å²) >= 11 is 6.28. The van der Waals surface area contributed by atoms with Gasteiger partial charge in [-0.3, -0.25) is 9.59 Å². The molecule has 0 aromatic heterocycles. The first-order chi connectivity index (χ1) is 18.6. The Bertz CT molecular complexity index is 1350. The predicted octanol–water partition coefficient (Wildman–Crippen LogP) is 4.84. The molecule has 2 N–H and O–H groups in total. The molecule has 2 amide bonds. The molecular formula is C30H31ClFN3O4. The van der Waals surface area contributed by atoms with Crippen molar-refractivity contribution in [3.8, 4) is 5.75 Å². The van der Waals surface area contributed by atoms with Gasteiger partial charge in [0.05, 0.1) is 23.4 Å². The number of fused-ring (bicyclic) bond motifs is 1. The van der Waals surface area contributed by atoms with E-state index in [0.717, 1.165) is 0 Å². The molecule has 9 heteroatoms. The zero-order chi connectivity index (χ0) is 28.1. The summed E-state index contributed by atoms with van der Waals surface area (Å²) < 4.78 is 19.4. The van der Waals surface area contributed by atoms with Crippen molar-refractivity contribution < 1.29 is 23.8 Å². The number of benzene rings is 3. The molecule has 0 saturated carbocycles. The highest BCUT2D eigenvalue weighted by molar-refractivity contribution is 6.32. The smallest absolute Gasteiger partial charge is 0.272 e. The highest BCUT2D eigenvalue weighted by Crippen LogP contribution is 2.30. The van der Waals surface area contributed by atoms with Crippen LogP contribution in [0.5, 0.6) is 5.75 Å². The van der Waals surface area contributed by atoms with Gasteiger partial charge in [-0.1, -0.05) is 43.6 Å². The summed E-state index contributed by atoms with van der Waals surface area (Å²) in [4.78, 5) is 33.1. The molecule has 0 fully saturated rings. The van der Waals surface area contributed by atoms with Crippen molar-refractivity contribution in [2.24, 2.45) is 16.8 Å². The molecule has 1 heterocycles. The first-order valence-electron chi connectivity index (χ1n) is 12.7. The van der Waals surface area contributed by atoms with E-state index in [9.17, 15) is 19.1 Å². The fraction of sp³-hybridized carbons (Fsp3) is 0.300. The molecule has 1 aliphatic rings. The molecule has 3 aromatic rings. The lowest BCUT2D eigenvalue weighted by Crippen LogP contribution is -2.50. The fourth-order valence-electron chi connectivity index (χ4n) is 4.48. The maximum Gasteiger partial charge on any atom is 0.272 e. The molecule has 7 nitrogen and oxygen atoms in total. The van der Waals surface area contributed by atoms with Crippen molar-refractivity contribution in [2.45, 2.75) is 32.5 Å². The van der Waals surface area contributed by atoms with Crippen molar-refractivity contribution in [3.05, 3.63) is 94.8 Å². The van der Waals surface area contributed by atoms with Crippen LogP contribution in [0.25, 0.3) is 0 Å². The monoisotopic (exact) mass is 551 g/mol. The molecule has 0 spiro atoms. The number of carbonyl (C=O) groups is 2. The van der Waals surface area contributed by atoms with Gasteiger partial charge in [-0.05, 0) is 66.9 Å². The average Bonchev–Trinajstić information content (AvgIpc) is 3.01. The highest BCUT2D eigenvalue weighted by Gasteiger charge is 2.35. The number of aliphatic imine (C=N–C) groups is 1. The molecule has 1 aliphatic heterocycles. The molecule has 39 heavy (non-hydrogen) atoms. The molecule has 0 aliphatic carbocycles. The van der Waals surface area contributed by atoms with E-state index in [0.29, 0.717) is 39.7 Å². The van der Waals surface area contributed by atoms with Crippen molar-refractivity contribution in [3.63, 3.8) is 0 Å². The minimum absolute atomic E-state index is 0.0873. The SMILES string of the molecule is CC(C)CC(C(=O)NC1N=C(c2ccc(F)cc2)c2cc(Cl)ccc2N(C)C1=O)C(O)COc1ccccc1. The Labute approximate surface area is 232 Å². The van der Waals surface area contributed by atoms with Crippen LogP contribution < -0.4 is 15.0 Å². The third kappa shape index (κ3) is 6.82. The van der Waals surface area contributed by atoms with Gasteiger partial charge in [0.2, 0.25) is 12.1 Å². The average molecular weight is 552 g/mol. The largest absolute Gasteiger partial charge is 0.491 e. The molecular weight excluding hydrogens is 521 g/mol. The Morgan fingerprint density at radius 2 is 1.82 bits per heavy atom. The number of halogens is 2. The van der Waals surface area contributed by atoms with Gasteiger partial charge in [0, 0.05) is 23.2 Å². The highest BCUT2D eigenvalue weighted by atomic mass is 35.5.